The monoisotopic (exact) mass is 228 g/mol. The lowest BCUT2D eigenvalue weighted by atomic mass is 10.0. The molecule has 96 valence electrons. The fraction of sp³-hybridized carbons (Fsp3) is 1.00. The van der Waals surface area contributed by atoms with Crippen molar-refractivity contribution in [1.29, 1.82) is 0 Å². The Bertz CT molecular complexity index is 188. The summed E-state index contributed by atoms with van der Waals surface area (Å²) in [4.78, 5) is 2.51. The minimum Gasteiger partial charge on any atom is -0.378 e. The molecule has 3 heteroatoms. The third-order valence-corrected chi connectivity index (χ3v) is 3.59. The molecule has 3 nitrogen and oxygen atoms in total. The van der Waals surface area contributed by atoms with Crippen LogP contribution in [0, 0.1) is 0 Å². The molecule has 1 aliphatic heterocycles. The van der Waals surface area contributed by atoms with Crippen molar-refractivity contribution in [3.8, 4) is 0 Å². The average molecular weight is 228 g/mol. The van der Waals surface area contributed by atoms with Crippen LogP contribution in [0.25, 0.3) is 0 Å². The van der Waals surface area contributed by atoms with Gasteiger partial charge in [-0.15, -0.1) is 0 Å². The molecular weight excluding hydrogens is 200 g/mol. The number of rotatable bonds is 7. The first-order valence-electron chi connectivity index (χ1n) is 6.67. The van der Waals surface area contributed by atoms with Crippen molar-refractivity contribution in [3.05, 3.63) is 0 Å². The van der Waals surface area contributed by atoms with Gasteiger partial charge in [-0.2, -0.15) is 0 Å². The first kappa shape index (κ1) is 13.9. The normalized spacial score (nSPS) is 21.9. The predicted octanol–water partition coefficient (Wildman–Crippen LogP) is 2.00. The van der Waals surface area contributed by atoms with E-state index < -0.39 is 0 Å². The molecule has 1 aliphatic rings. The Hall–Kier alpha value is -0.120. The number of hydrogen-bond acceptors (Lipinski definition) is 3. The minimum absolute atomic E-state index is 0.120. The van der Waals surface area contributed by atoms with Gasteiger partial charge in [0.15, 0.2) is 0 Å². The van der Waals surface area contributed by atoms with Gasteiger partial charge in [0.2, 0.25) is 0 Å². The summed E-state index contributed by atoms with van der Waals surface area (Å²) in [6.07, 6.45) is 5.31. The molecule has 0 aromatic heterocycles. The molecular formula is C13H28N2O. The Labute approximate surface area is 100 Å². The number of hydrogen-bond donors (Lipinski definition) is 1. The Morgan fingerprint density at radius 1 is 1.38 bits per heavy atom. The highest BCUT2D eigenvalue weighted by Crippen LogP contribution is 2.19. The molecule has 0 bridgehead atoms. The smallest absolute Gasteiger partial charge is 0.0588 e. The molecule has 1 atom stereocenters. The van der Waals surface area contributed by atoms with Crippen LogP contribution in [0.15, 0.2) is 0 Å². The summed E-state index contributed by atoms with van der Waals surface area (Å²) in [5, 5.41) is 0. The predicted molar refractivity (Wildman–Crippen MR) is 68.6 cm³/mol. The summed E-state index contributed by atoms with van der Waals surface area (Å²) in [5.41, 5.74) is 5.97. The van der Waals surface area contributed by atoms with Crippen LogP contribution in [0.4, 0.5) is 0 Å². The van der Waals surface area contributed by atoms with Crippen molar-refractivity contribution in [2.24, 2.45) is 5.73 Å². The fourth-order valence-electron chi connectivity index (χ4n) is 2.29. The highest BCUT2D eigenvalue weighted by Gasteiger charge is 2.25. The molecule has 2 N–H and O–H groups in total. The second kappa shape index (κ2) is 6.58. The van der Waals surface area contributed by atoms with E-state index in [1.165, 1.54) is 19.3 Å². The number of ether oxygens (including phenoxy) is 1. The summed E-state index contributed by atoms with van der Waals surface area (Å²) in [7, 11) is 0. The molecule has 0 aromatic rings. The minimum atomic E-state index is 0.120. The summed E-state index contributed by atoms with van der Waals surface area (Å²) in [5.74, 6) is 0. The topological polar surface area (TPSA) is 38.5 Å². The lowest BCUT2D eigenvalue weighted by Gasteiger charge is -2.38. The maximum atomic E-state index is 5.85. The van der Waals surface area contributed by atoms with E-state index in [-0.39, 0.29) is 5.54 Å². The second-order valence-corrected chi connectivity index (χ2v) is 5.43. The van der Waals surface area contributed by atoms with Crippen LogP contribution in [0.5, 0.6) is 0 Å². The van der Waals surface area contributed by atoms with Gasteiger partial charge >= 0.3 is 0 Å². The first-order valence-corrected chi connectivity index (χ1v) is 6.67. The largest absolute Gasteiger partial charge is 0.378 e. The highest BCUT2D eigenvalue weighted by molar-refractivity contribution is 4.83. The van der Waals surface area contributed by atoms with Crippen molar-refractivity contribution < 1.29 is 4.74 Å². The van der Waals surface area contributed by atoms with E-state index in [2.05, 4.69) is 25.7 Å². The van der Waals surface area contributed by atoms with Crippen LogP contribution < -0.4 is 5.73 Å². The quantitative estimate of drug-likeness (QED) is 0.724. The van der Waals surface area contributed by atoms with Crippen molar-refractivity contribution in [1.82, 2.24) is 4.90 Å². The molecule has 1 fully saturated rings. The molecule has 0 amide bonds. The zero-order valence-electron chi connectivity index (χ0n) is 11.2. The van der Waals surface area contributed by atoms with E-state index >= 15 is 0 Å². The Kier molecular flexibility index (Phi) is 5.73. The summed E-state index contributed by atoms with van der Waals surface area (Å²) < 4.78 is 5.67. The zero-order chi connectivity index (χ0) is 12.0. The average Bonchev–Trinajstić information content (AvgIpc) is 2.76. The summed E-state index contributed by atoms with van der Waals surface area (Å²) in [6.45, 7) is 10.6. The van der Waals surface area contributed by atoms with Crippen molar-refractivity contribution in [3.63, 3.8) is 0 Å². The lowest BCUT2D eigenvalue weighted by Crippen LogP contribution is -2.50. The van der Waals surface area contributed by atoms with Gasteiger partial charge in [-0.3, -0.25) is 4.90 Å². The molecule has 1 heterocycles. The van der Waals surface area contributed by atoms with Crippen LogP contribution in [0.2, 0.25) is 0 Å². The maximum absolute atomic E-state index is 5.85. The van der Waals surface area contributed by atoms with E-state index in [0.717, 1.165) is 32.7 Å². The third kappa shape index (κ3) is 4.04. The van der Waals surface area contributed by atoms with E-state index in [0.29, 0.717) is 6.10 Å². The Balaban J connectivity index is 2.37. The van der Waals surface area contributed by atoms with Gasteiger partial charge in [0.1, 0.15) is 0 Å². The molecule has 0 saturated carbocycles. The molecule has 1 unspecified atom stereocenters. The molecule has 1 saturated heterocycles. The third-order valence-electron chi connectivity index (χ3n) is 3.59. The van der Waals surface area contributed by atoms with Gasteiger partial charge in [0.05, 0.1) is 6.10 Å². The van der Waals surface area contributed by atoms with Crippen LogP contribution in [0.1, 0.15) is 46.5 Å². The van der Waals surface area contributed by atoms with Gasteiger partial charge in [-0.25, -0.2) is 0 Å². The van der Waals surface area contributed by atoms with Crippen LogP contribution in [0.3, 0.4) is 0 Å². The van der Waals surface area contributed by atoms with Gasteiger partial charge in [-0.1, -0.05) is 6.92 Å². The van der Waals surface area contributed by atoms with Gasteiger partial charge in [-0.05, 0) is 46.1 Å². The molecule has 0 spiro atoms. The first-order chi connectivity index (χ1) is 7.60. The van der Waals surface area contributed by atoms with E-state index in [9.17, 15) is 0 Å². The second-order valence-electron chi connectivity index (χ2n) is 5.43. The van der Waals surface area contributed by atoms with Gasteiger partial charge < -0.3 is 10.5 Å². The molecule has 0 aliphatic carbocycles. The van der Waals surface area contributed by atoms with Crippen molar-refractivity contribution >= 4 is 0 Å². The molecule has 16 heavy (non-hydrogen) atoms. The summed E-state index contributed by atoms with van der Waals surface area (Å²) >= 11 is 0. The summed E-state index contributed by atoms with van der Waals surface area (Å²) in [6, 6.07) is 0. The molecule has 1 rings (SSSR count). The fourth-order valence-corrected chi connectivity index (χ4v) is 2.29. The van der Waals surface area contributed by atoms with Crippen molar-refractivity contribution in [2.45, 2.75) is 58.1 Å². The van der Waals surface area contributed by atoms with E-state index in [4.69, 9.17) is 10.5 Å². The van der Waals surface area contributed by atoms with Crippen molar-refractivity contribution in [2.75, 3.05) is 26.2 Å². The van der Waals surface area contributed by atoms with Gasteiger partial charge in [0, 0.05) is 25.2 Å². The molecule has 0 radical (unpaired) electrons. The van der Waals surface area contributed by atoms with Crippen LogP contribution >= 0.6 is 0 Å². The lowest BCUT2D eigenvalue weighted by molar-refractivity contribution is 0.0677. The van der Waals surface area contributed by atoms with E-state index in [1.807, 2.05) is 0 Å². The van der Waals surface area contributed by atoms with Crippen LogP contribution in [-0.4, -0.2) is 42.8 Å². The Morgan fingerprint density at radius 3 is 2.62 bits per heavy atom. The Morgan fingerprint density at radius 2 is 2.12 bits per heavy atom. The zero-order valence-corrected chi connectivity index (χ0v) is 11.2. The standard InChI is InChI=1S/C13H28N2O/c1-4-8-15(13(2,3)11-14)9-7-12-6-5-10-16-12/h12H,4-11,14H2,1-3H3. The number of nitrogens with two attached hydrogens (primary N) is 1. The van der Waals surface area contributed by atoms with Gasteiger partial charge in [0.25, 0.3) is 0 Å². The maximum Gasteiger partial charge on any atom is 0.0588 e. The number of nitrogens with zero attached hydrogens (tertiary/aromatic N) is 1. The SMILES string of the molecule is CCCN(CCC1CCCO1)C(C)(C)CN. The molecule has 0 aromatic carbocycles. The van der Waals surface area contributed by atoms with E-state index in [1.54, 1.807) is 0 Å². The highest BCUT2D eigenvalue weighted by atomic mass is 16.5. The van der Waals surface area contributed by atoms with Crippen LogP contribution in [-0.2, 0) is 4.74 Å².